The Morgan fingerprint density at radius 3 is 2.61 bits per heavy atom. The average Bonchev–Trinajstić information content (AvgIpc) is 3.54. The second kappa shape index (κ2) is 9.13. The minimum atomic E-state index is -3.87. The van der Waals surface area contributed by atoms with Crippen molar-refractivity contribution in [3.63, 3.8) is 0 Å². The summed E-state index contributed by atoms with van der Waals surface area (Å²) in [5, 5.41) is 3.85. The van der Waals surface area contributed by atoms with Gasteiger partial charge in [0, 0.05) is 25.6 Å². The SMILES string of the molecule is CCOC(=O)c1ccc(S(=O)(=O)N2CCC(C(=O)N3CCCC3c3ccsc3)CC2)o1. The lowest BCUT2D eigenvalue weighted by molar-refractivity contribution is -0.137. The molecule has 4 rings (SSSR count). The Morgan fingerprint density at radius 2 is 1.94 bits per heavy atom. The van der Waals surface area contributed by atoms with Crippen LogP contribution < -0.4 is 0 Å². The van der Waals surface area contributed by atoms with Gasteiger partial charge in [0.2, 0.25) is 16.8 Å². The summed E-state index contributed by atoms with van der Waals surface area (Å²) in [6, 6.07) is 4.78. The maximum Gasteiger partial charge on any atom is 0.374 e. The molecule has 168 valence electrons. The van der Waals surface area contributed by atoms with E-state index >= 15 is 0 Å². The molecule has 1 amide bonds. The second-order valence-corrected chi connectivity index (χ2v) is 10.4. The third-order valence-corrected chi connectivity index (χ3v) is 8.39. The Hall–Kier alpha value is -2.17. The summed E-state index contributed by atoms with van der Waals surface area (Å²) >= 11 is 1.63. The number of esters is 1. The Labute approximate surface area is 185 Å². The molecule has 0 spiro atoms. The third-order valence-electron chi connectivity index (χ3n) is 5.92. The van der Waals surface area contributed by atoms with Gasteiger partial charge in [-0.2, -0.15) is 15.6 Å². The molecule has 2 aromatic heterocycles. The van der Waals surface area contributed by atoms with Crippen molar-refractivity contribution < 1.29 is 27.2 Å². The van der Waals surface area contributed by atoms with Gasteiger partial charge in [-0.3, -0.25) is 4.79 Å². The molecule has 10 heteroatoms. The van der Waals surface area contributed by atoms with Crippen molar-refractivity contribution in [3.8, 4) is 0 Å². The Bertz CT molecular complexity index is 1020. The van der Waals surface area contributed by atoms with E-state index in [4.69, 9.17) is 9.15 Å². The quantitative estimate of drug-likeness (QED) is 0.606. The summed E-state index contributed by atoms with van der Waals surface area (Å²) in [6.07, 6.45) is 2.89. The zero-order chi connectivity index (χ0) is 22.0. The van der Waals surface area contributed by atoms with Crippen LogP contribution in [0.3, 0.4) is 0 Å². The molecule has 2 aliphatic rings. The first kappa shape index (κ1) is 22.0. The van der Waals surface area contributed by atoms with Crippen molar-refractivity contribution in [2.24, 2.45) is 5.92 Å². The maximum atomic E-state index is 13.2. The van der Waals surface area contributed by atoms with Gasteiger partial charge in [0.25, 0.3) is 10.0 Å². The van der Waals surface area contributed by atoms with Crippen LogP contribution in [-0.2, 0) is 19.6 Å². The molecule has 2 aliphatic heterocycles. The summed E-state index contributed by atoms with van der Waals surface area (Å²) in [6.45, 7) is 3.07. The van der Waals surface area contributed by atoms with Gasteiger partial charge in [0.05, 0.1) is 12.6 Å². The summed E-state index contributed by atoms with van der Waals surface area (Å²) in [7, 11) is -3.87. The number of carbonyl (C=O) groups is 2. The number of furan rings is 1. The normalized spacial score (nSPS) is 20.8. The lowest BCUT2D eigenvalue weighted by atomic mass is 9.95. The summed E-state index contributed by atoms with van der Waals surface area (Å²) in [5.41, 5.74) is 1.19. The molecular weight excluding hydrogens is 440 g/mol. The summed E-state index contributed by atoms with van der Waals surface area (Å²) in [4.78, 5) is 26.9. The molecule has 0 bridgehead atoms. The number of hydrogen-bond donors (Lipinski definition) is 0. The number of nitrogens with zero attached hydrogens (tertiary/aromatic N) is 2. The van der Waals surface area contributed by atoms with Crippen molar-refractivity contribution in [1.82, 2.24) is 9.21 Å². The van der Waals surface area contributed by atoms with E-state index in [0.29, 0.717) is 12.8 Å². The number of piperidine rings is 1. The first-order chi connectivity index (χ1) is 14.9. The smallest absolute Gasteiger partial charge is 0.374 e. The molecule has 0 saturated carbocycles. The van der Waals surface area contributed by atoms with E-state index < -0.39 is 16.0 Å². The fourth-order valence-electron chi connectivity index (χ4n) is 4.32. The van der Waals surface area contributed by atoms with Crippen LogP contribution in [0.5, 0.6) is 0 Å². The highest BCUT2D eigenvalue weighted by molar-refractivity contribution is 7.89. The predicted octanol–water partition coefficient (Wildman–Crippen LogP) is 3.28. The van der Waals surface area contributed by atoms with E-state index in [0.717, 1.165) is 19.4 Å². The largest absolute Gasteiger partial charge is 0.460 e. The van der Waals surface area contributed by atoms with Crippen molar-refractivity contribution in [1.29, 1.82) is 0 Å². The number of carbonyl (C=O) groups excluding carboxylic acids is 2. The molecule has 2 saturated heterocycles. The maximum absolute atomic E-state index is 13.2. The van der Waals surface area contributed by atoms with Gasteiger partial charge in [-0.15, -0.1) is 0 Å². The fraction of sp³-hybridized carbons (Fsp3) is 0.524. The second-order valence-electron chi connectivity index (χ2n) is 7.76. The first-order valence-electron chi connectivity index (χ1n) is 10.5. The molecule has 0 radical (unpaired) electrons. The van der Waals surface area contributed by atoms with Crippen molar-refractivity contribution in [3.05, 3.63) is 40.3 Å². The number of hydrogen-bond acceptors (Lipinski definition) is 7. The summed E-state index contributed by atoms with van der Waals surface area (Å²) in [5.74, 6) is -0.899. The van der Waals surface area contributed by atoms with Gasteiger partial charge in [0.1, 0.15) is 0 Å². The lowest BCUT2D eigenvalue weighted by Gasteiger charge is -2.34. The standard InChI is InChI=1S/C21H26N2O6S2/c1-2-28-21(25)18-5-6-19(29-18)31(26,27)22-11-7-15(8-12-22)20(24)23-10-3-4-17(23)16-9-13-30-14-16/h5-6,9,13-15,17H,2-4,7-8,10-12H2,1H3. The molecule has 8 nitrogen and oxygen atoms in total. The van der Waals surface area contributed by atoms with Crippen LogP contribution in [0.2, 0.25) is 0 Å². The van der Waals surface area contributed by atoms with Gasteiger partial charge in [-0.25, -0.2) is 13.2 Å². The van der Waals surface area contributed by atoms with Gasteiger partial charge >= 0.3 is 5.97 Å². The Kier molecular flexibility index (Phi) is 6.49. The zero-order valence-corrected chi connectivity index (χ0v) is 19.0. The van der Waals surface area contributed by atoms with E-state index in [-0.39, 0.29) is 48.4 Å². The molecule has 1 unspecified atom stereocenters. The van der Waals surface area contributed by atoms with Crippen molar-refractivity contribution >= 4 is 33.2 Å². The van der Waals surface area contributed by atoms with Crippen LogP contribution in [0.15, 0.2) is 38.5 Å². The van der Waals surface area contributed by atoms with Crippen molar-refractivity contribution in [2.45, 2.75) is 43.7 Å². The zero-order valence-electron chi connectivity index (χ0n) is 17.4. The molecule has 4 heterocycles. The van der Waals surface area contributed by atoms with E-state index in [1.54, 1.807) is 18.3 Å². The number of ether oxygens (including phenoxy) is 1. The van der Waals surface area contributed by atoms with E-state index in [1.807, 2.05) is 10.3 Å². The van der Waals surface area contributed by atoms with Gasteiger partial charge in [-0.05, 0) is 67.1 Å². The fourth-order valence-corrected chi connectivity index (χ4v) is 6.41. The van der Waals surface area contributed by atoms with Crippen LogP contribution in [-0.4, -0.2) is 55.7 Å². The molecular formula is C21H26N2O6S2. The van der Waals surface area contributed by atoms with Crippen LogP contribution in [0.25, 0.3) is 0 Å². The first-order valence-corrected chi connectivity index (χ1v) is 12.9. The number of likely N-dealkylation sites (tertiary alicyclic amines) is 1. The Morgan fingerprint density at radius 1 is 1.16 bits per heavy atom. The van der Waals surface area contributed by atoms with E-state index in [2.05, 4.69) is 11.4 Å². The molecule has 2 aromatic rings. The monoisotopic (exact) mass is 466 g/mol. The third kappa shape index (κ3) is 4.42. The minimum Gasteiger partial charge on any atom is -0.460 e. The van der Waals surface area contributed by atoms with Crippen LogP contribution in [0, 0.1) is 5.92 Å². The lowest BCUT2D eigenvalue weighted by Crippen LogP contribution is -2.44. The topological polar surface area (TPSA) is 97.1 Å². The number of thiophene rings is 1. The van der Waals surface area contributed by atoms with Crippen molar-refractivity contribution in [2.75, 3.05) is 26.2 Å². The van der Waals surface area contributed by atoms with Crippen LogP contribution in [0.1, 0.15) is 54.8 Å². The van der Waals surface area contributed by atoms with E-state index in [9.17, 15) is 18.0 Å². The number of amides is 1. The van der Waals surface area contributed by atoms with Crippen LogP contribution >= 0.6 is 11.3 Å². The minimum absolute atomic E-state index is 0.119. The number of rotatable bonds is 6. The average molecular weight is 467 g/mol. The highest BCUT2D eigenvalue weighted by atomic mass is 32.2. The Balaban J connectivity index is 1.39. The highest BCUT2D eigenvalue weighted by Gasteiger charge is 2.38. The molecule has 0 N–H and O–H groups in total. The molecule has 1 atom stereocenters. The molecule has 0 aliphatic carbocycles. The molecule has 0 aromatic carbocycles. The van der Waals surface area contributed by atoms with E-state index in [1.165, 1.54) is 22.0 Å². The van der Waals surface area contributed by atoms with Crippen LogP contribution in [0.4, 0.5) is 0 Å². The van der Waals surface area contributed by atoms with Gasteiger partial charge in [0.15, 0.2) is 0 Å². The molecule has 2 fully saturated rings. The molecule has 31 heavy (non-hydrogen) atoms. The predicted molar refractivity (Wildman–Crippen MR) is 114 cm³/mol. The highest BCUT2D eigenvalue weighted by Crippen LogP contribution is 2.36. The number of sulfonamides is 1. The summed E-state index contributed by atoms with van der Waals surface area (Å²) < 4.78 is 37.2. The van der Waals surface area contributed by atoms with Gasteiger partial charge < -0.3 is 14.1 Å². The van der Waals surface area contributed by atoms with Gasteiger partial charge in [-0.1, -0.05) is 0 Å².